The smallest absolute Gasteiger partial charge is 0.416 e. The van der Waals surface area contributed by atoms with Crippen molar-refractivity contribution in [2.24, 2.45) is 5.10 Å². The Morgan fingerprint density at radius 1 is 0.935 bits per heavy atom. The number of methoxy groups -OCH3 is 1. The number of hydrogen-bond acceptors (Lipinski definition) is 4. The minimum Gasteiger partial charge on any atom is -0.493 e. The highest BCUT2D eigenvalue weighted by Crippen LogP contribution is 2.30. The molecule has 3 aromatic rings. The molecule has 0 unspecified atom stereocenters. The molecule has 0 heterocycles. The third-order valence-electron chi connectivity index (χ3n) is 4.69. The molecule has 1 N–H and O–H groups in total. The van der Waals surface area contributed by atoms with E-state index in [-0.39, 0.29) is 0 Å². The van der Waals surface area contributed by atoms with Crippen LogP contribution in [0.25, 0.3) is 0 Å². The molecule has 0 radical (unpaired) electrons. The average molecular weight is 428 g/mol. The Morgan fingerprint density at radius 2 is 1.68 bits per heavy atom. The van der Waals surface area contributed by atoms with Gasteiger partial charge in [0.2, 0.25) is 0 Å². The molecule has 0 saturated carbocycles. The second-order valence-corrected chi connectivity index (χ2v) is 7.07. The van der Waals surface area contributed by atoms with Gasteiger partial charge in [-0.25, -0.2) is 0 Å². The van der Waals surface area contributed by atoms with Gasteiger partial charge in [0.25, 0.3) is 0 Å². The van der Waals surface area contributed by atoms with Crippen molar-refractivity contribution in [1.82, 2.24) is 0 Å². The maximum Gasteiger partial charge on any atom is 0.416 e. The fourth-order valence-corrected chi connectivity index (χ4v) is 2.91. The summed E-state index contributed by atoms with van der Waals surface area (Å²) < 4.78 is 49.2. The van der Waals surface area contributed by atoms with Gasteiger partial charge in [0.1, 0.15) is 6.61 Å². The van der Waals surface area contributed by atoms with Crippen molar-refractivity contribution in [3.63, 3.8) is 0 Å². The van der Waals surface area contributed by atoms with Crippen LogP contribution in [0.1, 0.15) is 27.8 Å². The van der Waals surface area contributed by atoms with Crippen molar-refractivity contribution in [3.8, 4) is 11.5 Å². The summed E-state index contributed by atoms with van der Waals surface area (Å²) in [7, 11) is 1.56. The quantitative estimate of drug-likeness (QED) is 0.352. The number of nitrogens with zero attached hydrogens (tertiary/aromatic N) is 1. The van der Waals surface area contributed by atoms with Crippen molar-refractivity contribution in [1.29, 1.82) is 0 Å². The number of alkyl halides is 3. The number of hydrogen-bond donors (Lipinski definition) is 1. The summed E-state index contributed by atoms with van der Waals surface area (Å²) in [5.41, 5.74) is 6.63. The van der Waals surface area contributed by atoms with Crippen molar-refractivity contribution in [2.75, 3.05) is 12.5 Å². The van der Waals surface area contributed by atoms with Gasteiger partial charge in [-0.05, 0) is 73.0 Å². The molecule has 0 aliphatic rings. The van der Waals surface area contributed by atoms with E-state index in [1.54, 1.807) is 25.5 Å². The van der Waals surface area contributed by atoms with Crippen LogP contribution in [0.3, 0.4) is 0 Å². The molecule has 0 aromatic heterocycles. The van der Waals surface area contributed by atoms with E-state index in [4.69, 9.17) is 9.47 Å². The fraction of sp³-hybridized carbons (Fsp3) is 0.208. The standard InChI is InChI=1S/C24H23F3N2O2/c1-16-4-5-17(2)19(12-16)15-31-22-11-6-18(13-23(22)30-3)14-28-29-21-9-7-20(8-10-21)24(25,26)27/h4-14,29H,15H2,1-3H3. The molecule has 7 heteroatoms. The van der Waals surface area contributed by atoms with Crippen molar-refractivity contribution in [2.45, 2.75) is 26.6 Å². The number of hydrazone groups is 1. The van der Waals surface area contributed by atoms with Crippen molar-refractivity contribution >= 4 is 11.9 Å². The number of halogens is 3. The first-order chi connectivity index (χ1) is 14.8. The van der Waals surface area contributed by atoms with Gasteiger partial charge in [0.15, 0.2) is 11.5 Å². The molecule has 162 valence electrons. The molecule has 0 aliphatic carbocycles. The number of benzene rings is 3. The molecule has 0 aliphatic heterocycles. The lowest BCUT2D eigenvalue weighted by molar-refractivity contribution is -0.137. The highest BCUT2D eigenvalue weighted by Gasteiger charge is 2.29. The molecular formula is C24H23F3N2O2. The van der Waals surface area contributed by atoms with E-state index < -0.39 is 11.7 Å². The fourth-order valence-electron chi connectivity index (χ4n) is 2.91. The Kier molecular flexibility index (Phi) is 6.84. The number of rotatable bonds is 7. The first kappa shape index (κ1) is 22.2. The number of nitrogens with one attached hydrogen (secondary N) is 1. The maximum absolute atomic E-state index is 12.6. The van der Waals surface area contributed by atoms with Crippen molar-refractivity contribution < 1.29 is 22.6 Å². The Bertz CT molecular complexity index is 1060. The van der Waals surface area contributed by atoms with Gasteiger partial charge in [-0.3, -0.25) is 5.43 Å². The van der Waals surface area contributed by atoms with Crippen LogP contribution in [-0.4, -0.2) is 13.3 Å². The van der Waals surface area contributed by atoms with Crippen LogP contribution in [0.4, 0.5) is 18.9 Å². The van der Waals surface area contributed by atoms with Gasteiger partial charge in [0, 0.05) is 0 Å². The van der Waals surface area contributed by atoms with Crippen LogP contribution >= 0.6 is 0 Å². The van der Waals surface area contributed by atoms with Crippen LogP contribution in [0.2, 0.25) is 0 Å². The SMILES string of the molecule is COc1cc(C=NNc2ccc(C(F)(F)F)cc2)ccc1OCc1cc(C)ccc1C. The van der Waals surface area contributed by atoms with Gasteiger partial charge in [0.05, 0.1) is 24.6 Å². The van der Waals surface area contributed by atoms with Gasteiger partial charge >= 0.3 is 6.18 Å². The average Bonchev–Trinajstić information content (AvgIpc) is 2.74. The zero-order valence-corrected chi connectivity index (χ0v) is 17.5. The third-order valence-corrected chi connectivity index (χ3v) is 4.69. The van der Waals surface area contributed by atoms with Crippen LogP contribution in [-0.2, 0) is 12.8 Å². The molecule has 0 spiro atoms. The summed E-state index contributed by atoms with van der Waals surface area (Å²) in [6.45, 7) is 4.50. The molecular weight excluding hydrogens is 405 g/mol. The second-order valence-electron chi connectivity index (χ2n) is 7.07. The largest absolute Gasteiger partial charge is 0.493 e. The summed E-state index contributed by atoms with van der Waals surface area (Å²) in [6, 6.07) is 16.3. The second kappa shape index (κ2) is 9.55. The summed E-state index contributed by atoms with van der Waals surface area (Å²) >= 11 is 0. The van der Waals surface area contributed by atoms with Gasteiger partial charge in [-0.2, -0.15) is 18.3 Å². The van der Waals surface area contributed by atoms with E-state index >= 15 is 0 Å². The zero-order valence-electron chi connectivity index (χ0n) is 17.5. The Hall–Kier alpha value is -3.48. The normalized spacial score (nSPS) is 11.5. The number of anilines is 1. The number of aryl methyl sites for hydroxylation is 2. The predicted molar refractivity (Wildman–Crippen MR) is 116 cm³/mol. The minimum absolute atomic E-state index is 0.423. The van der Waals surface area contributed by atoms with Gasteiger partial charge < -0.3 is 9.47 Å². The van der Waals surface area contributed by atoms with E-state index in [1.165, 1.54) is 17.7 Å². The molecule has 3 rings (SSSR count). The van der Waals surface area contributed by atoms with E-state index in [9.17, 15) is 13.2 Å². The van der Waals surface area contributed by atoms with Gasteiger partial charge in [-0.1, -0.05) is 23.8 Å². The molecule has 0 fully saturated rings. The molecule has 0 amide bonds. The maximum atomic E-state index is 12.6. The third kappa shape index (κ3) is 6.01. The number of ether oxygens (including phenoxy) is 2. The summed E-state index contributed by atoms with van der Waals surface area (Å²) in [4.78, 5) is 0. The highest BCUT2D eigenvalue weighted by molar-refractivity contribution is 5.81. The summed E-state index contributed by atoms with van der Waals surface area (Å²) in [5, 5.41) is 4.07. The van der Waals surface area contributed by atoms with Gasteiger partial charge in [-0.15, -0.1) is 0 Å². The lowest BCUT2D eigenvalue weighted by Crippen LogP contribution is -2.04. The summed E-state index contributed by atoms with van der Waals surface area (Å²) in [5.74, 6) is 1.17. The van der Waals surface area contributed by atoms with Crippen molar-refractivity contribution in [3.05, 3.63) is 88.5 Å². The predicted octanol–water partition coefficient (Wildman–Crippen LogP) is 6.36. The van der Waals surface area contributed by atoms with Crippen LogP contribution < -0.4 is 14.9 Å². The van der Waals surface area contributed by atoms with E-state index in [0.29, 0.717) is 23.8 Å². The highest BCUT2D eigenvalue weighted by atomic mass is 19.4. The van der Waals surface area contributed by atoms with E-state index in [2.05, 4.69) is 28.7 Å². The Labute approximate surface area is 179 Å². The monoisotopic (exact) mass is 428 g/mol. The van der Waals surface area contributed by atoms with Crippen LogP contribution in [0, 0.1) is 13.8 Å². The minimum atomic E-state index is -4.36. The first-order valence-electron chi connectivity index (χ1n) is 9.59. The molecule has 31 heavy (non-hydrogen) atoms. The lowest BCUT2D eigenvalue weighted by Gasteiger charge is -2.13. The Morgan fingerprint density at radius 3 is 2.35 bits per heavy atom. The molecule has 0 atom stereocenters. The molecule has 0 bridgehead atoms. The summed E-state index contributed by atoms with van der Waals surface area (Å²) in [6.07, 6.45) is -2.81. The molecule has 3 aromatic carbocycles. The van der Waals surface area contributed by atoms with E-state index in [0.717, 1.165) is 28.8 Å². The van der Waals surface area contributed by atoms with Crippen LogP contribution in [0.15, 0.2) is 65.8 Å². The van der Waals surface area contributed by atoms with E-state index in [1.807, 2.05) is 19.9 Å². The lowest BCUT2D eigenvalue weighted by atomic mass is 10.1. The molecule has 4 nitrogen and oxygen atoms in total. The first-order valence-corrected chi connectivity index (χ1v) is 9.59. The topological polar surface area (TPSA) is 42.8 Å². The van der Waals surface area contributed by atoms with Crippen LogP contribution in [0.5, 0.6) is 11.5 Å². The Balaban J connectivity index is 1.64. The molecule has 0 saturated heterocycles. The zero-order chi connectivity index (χ0) is 22.4.